The van der Waals surface area contributed by atoms with E-state index in [1.807, 2.05) is 12.1 Å². The van der Waals surface area contributed by atoms with Gasteiger partial charge in [-0.05, 0) is 19.4 Å². The Morgan fingerprint density at radius 2 is 1.56 bits per heavy atom. The van der Waals surface area contributed by atoms with Gasteiger partial charge < -0.3 is 19.5 Å². The van der Waals surface area contributed by atoms with E-state index in [2.05, 4.69) is 23.7 Å². The van der Waals surface area contributed by atoms with Crippen LogP contribution in [0.1, 0.15) is 24.9 Å². The monoisotopic (exact) mass is 392 g/mol. The number of methoxy groups -OCH3 is 3. The van der Waals surface area contributed by atoms with Crippen molar-refractivity contribution in [3.05, 3.63) is 29.8 Å². The second-order valence-corrected chi connectivity index (χ2v) is 5.91. The van der Waals surface area contributed by atoms with E-state index >= 15 is 0 Å². The third kappa shape index (κ3) is 5.96. The molecule has 1 aliphatic rings. The van der Waals surface area contributed by atoms with Gasteiger partial charge in [0.1, 0.15) is 5.75 Å². The minimum absolute atomic E-state index is 0. The first-order valence-electron chi connectivity index (χ1n) is 7.99. The Labute approximate surface area is 163 Å². The van der Waals surface area contributed by atoms with Crippen LogP contribution in [0.25, 0.3) is 0 Å². The second kappa shape index (κ2) is 11.5. The predicted octanol–water partition coefficient (Wildman–Crippen LogP) is 3.47. The minimum atomic E-state index is 0. The summed E-state index contributed by atoms with van der Waals surface area (Å²) in [5, 5.41) is 3.40. The minimum Gasteiger partial charge on any atom is -0.496 e. The molecule has 0 spiro atoms. The van der Waals surface area contributed by atoms with Crippen LogP contribution in [0.3, 0.4) is 0 Å². The molecule has 1 N–H and O–H groups in total. The van der Waals surface area contributed by atoms with Crippen molar-refractivity contribution < 1.29 is 14.2 Å². The first kappa shape index (κ1) is 23.9. The summed E-state index contributed by atoms with van der Waals surface area (Å²) in [7, 11) is 4.99. The van der Waals surface area contributed by atoms with Crippen LogP contribution in [0.4, 0.5) is 0 Å². The quantitative estimate of drug-likeness (QED) is 0.719. The highest BCUT2D eigenvalue weighted by Gasteiger charge is 2.26. The van der Waals surface area contributed by atoms with E-state index in [9.17, 15) is 0 Å². The maximum absolute atomic E-state index is 5.63. The van der Waals surface area contributed by atoms with E-state index in [1.165, 1.54) is 0 Å². The third-order valence-corrected chi connectivity index (χ3v) is 4.23. The van der Waals surface area contributed by atoms with Crippen LogP contribution in [0.5, 0.6) is 17.2 Å². The van der Waals surface area contributed by atoms with E-state index in [1.54, 1.807) is 21.3 Å². The van der Waals surface area contributed by atoms with Gasteiger partial charge in [0.05, 0.1) is 21.3 Å². The number of nitrogens with one attached hydrogen (secondary N) is 1. The topological polar surface area (TPSA) is 43.0 Å². The van der Waals surface area contributed by atoms with Crippen molar-refractivity contribution in [3.8, 4) is 17.2 Å². The largest absolute Gasteiger partial charge is 0.496 e. The van der Waals surface area contributed by atoms with Crippen molar-refractivity contribution in [1.29, 1.82) is 0 Å². The molecule has 0 unspecified atom stereocenters. The molecule has 1 heterocycles. The standard InChI is InChI=1S/C18H28N2O3.2ClH/c1-13(2)10-15(20-8-6-19-7-9-20)14-11-17(22-4)18(23-5)12-16(14)21-3;;/h11-12,15,19H,1,6-10H2,2-5H3;2*1H/t15-;;/m1../s1. The lowest BCUT2D eigenvalue weighted by Crippen LogP contribution is -2.45. The molecule has 7 heteroatoms. The number of benzene rings is 1. The molecule has 1 aromatic rings. The van der Waals surface area contributed by atoms with Crippen molar-refractivity contribution in [2.45, 2.75) is 19.4 Å². The summed E-state index contributed by atoms with van der Waals surface area (Å²) in [6, 6.07) is 4.17. The molecule has 1 aromatic carbocycles. The zero-order valence-corrected chi connectivity index (χ0v) is 17.1. The smallest absolute Gasteiger partial charge is 0.164 e. The van der Waals surface area contributed by atoms with Gasteiger partial charge in [-0.15, -0.1) is 31.4 Å². The first-order chi connectivity index (χ1) is 11.1. The van der Waals surface area contributed by atoms with Crippen LogP contribution in [-0.4, -0.2) is 52.4 Å². The summed E-state index contributed by atoms with van der Waals surface area (Å²) in [5.74, 6) is 2.24. The fourth-order valence-corrected chi connectivity index (χ4v) is 3.07. The summed E-state index contributed by atoms with van der Waals surface area (Å²) >= 11 is 0. The van der Waals surface area contributed by atoms with Crippen molar-refractivity contribution in [1.82, 2.24) is 10.2 Å². The van der Waals surface area contributed by atoms with Crippen LogP contribution in [-0.2, 0) is 0 Å². The predicted molar refractivity (Wildman–Crippen MR) is 107 cm³/mol. The van der Waals surface area contributed by atoms with Gasteiger partial charge in [-0.25, -0.2) is 0 Å². The molecule has 0 amide bonds. The highest BCUT2D eigenvalue weighted by atomic mass is 35.5. The molecule has 0 bridgehead atoms. The molecule has 1 aliphatic heterocycles. The lowest BCUT2D eigenvalue weighted by molar-refractivity contribution is 0.169. The molecule has 2 rings (SSSR count). The summed E-state index contributed by atoms with van der Waals surface area (Å²) in [6.45, 7) is 10.2. The number of halogens is 2. The lowest BCUT2D eigenvalue weighted by atomic mass is 9.96. The SMILES string of the molecule is C=C(C)C[C@H](c1cc(OC)c(OC)cc1OC)N1CCNCC1.Cl.Cl. The summed E-state index contributed by atoms with van der Waals surface area (Å²) in [5.41, 5.74) is 2.28. The van der Waals surface area contributed by atoms with Crippen LogP contribution in [0, 0.1) is 0 Å². The van der Waals surface area contributed by atoms with Gasteiger partial charge in [0.25, 0.3) is 0 Å². The van der Waals surface area contributed by atoms with Crippen LogP contribution in [0.2, 0.25) is 0 Å². The van der Waals surface area contributed by atoms with Crippen LogP contribution < -0.4 is 19.5 Å². The molecule has 0 saturated carbocycles. The number of piperazine rings is 1. The molecular weight excluding hydrogens is 363 g/mol. The maximum atomic E-state index is 5.63. The van der Waals surface area contributed by atoms with E-state index in [-0.39, 0.29) is 30.9 Å². The van der Waals surface area contributed by atoms with Gasteiger partial charge >= 0.3 is 0 Å². The lowest BCUT2D eigenvalue weighted by Gasteiger charge is -2.36. The number of hydrogen-bond donors (Lipinski definition) is 1. The van der Waals surface area contributed by atoms with Crippen molar-refractivity contribution in [2.24, 2.45) is 0 Å². The maximum Gasteiger partial charge on any atom is 0.164 e. The zero-order valence-electron chi connectivity index (χ0n) is 15.5. The molecule has 0 aliphatic carbocycles. The Hall–Kier alpha value is -1.14. The molecular formula is C18H30Cl2N2O3. The fraction of sp³-hybridized carbons (Fsp3) is 0.556. The first-order valence-corrected chi connectivity index (χ1v) is 7.99. The average Bonchev–Trinajstić information content (AvgIpc) is 2.59. The van der Waals surface area contributed by atoms with Gasteiger partial charge in [0.2, 0.25) is 0 Å². The molecule has 144 valence electrons. The number of ether oxygens (including phenoxy) is 3. The third-order valence-electron chi connectivity index (χ3n) is 4.23. The molecule has 1 saturated heterocycles. The van der Waals surface area contributed by atoms with E-state index in [0.717, 1.165) is 55.2 Å². The molecule has 5 nitrogen and oxygen atoms in total. The molecule has 0 aromatic heterocycles. The molecule has 1 atom stereocenters. The summed E-state index contributed by atoms with van der Waals surface area (Å²) in [6.07, 6.45) is 0.895. The Morgan fingerprint density at radius 3 is 2.04 bits per heavy atom. The van der Waals surface area contributed by atoms with Gasteiger partial charge in [0, 0.05) is 43.9 Å². The van der Waals surface area contributed by atoms with Crippen LogP contribution >= 0.6 is 24.8 Å². The zero-order chi connectivity index (χ0) is 16.8. The normalized spacial score (nSPS) is 15.4. The highest BCUT2D eigenvalue weighted by molar-refractivity contribution is 5.85. The van der Waals surface area contributed by atoms with Crippen LogP contribution in [0.15, 0.2) is 24.3 Å². The molecule has 0 radical (unpaired) electrons. The summed E-state index contributed by atoms with van der Waals surface area (Å²) in [4.78, 5) is 2.48. The van der Waals surface area contributed by atoms with Gasteiger partial charge in [0.15, 0.2) is 11.5 Å². The Kier molecular flexibility index (Phi) is 10.9. The van der Waals surface area contributed by atoms with Gasteiger partial charge in [-0.1, -0.05) is 5.57 Å². The van der Waals surface area contributed by atoms with Crippen molar-refractivity contribution in [2.75, 3.05) is 47.5 Å². The Bertz CT molecular complexity index is 549. The fourth-order valence-electron chi connectivity index (χ4n) is 3.07. The van der Waals surface area contributed by atoms with E-state index in [0.29, 0.717) is 5.75 Å². The number of hydrogen-bond acceptors (Lipinski definition) is 5. The summed E-state index contributed by atoms with van der Waals surface area (Å²) < 4.78 is 16.5. The average molecular weight is 393 g/mol. The number of nitrogens with zero attached hydrogens (tertiary/aromatic N) is 1. The van der Waals surface area contributed by atoms with Crippen molar-refractivity contribution >= 4 is 24.8 Å². The second-order valence-electron chi connectivity index (χ2n) is 5.91. The Morgan fingerprint density at radius 1 is 1.04 bits per heavy atom. The van der Waals surface area contributed by atoms with E-state index < -0.39 is 0 Å². The van der Waals surface area contributed by atoms with Gasteiger partial charge in [-0.2, -0.15) is 0 Å². The highest BCUT2D eigenvalue weighted by Crippen LogP contribution is 2.41. The molecule has 25 heavy (non-hydrogen) atoms. The Balaban J connectivity index is 0.00000288. The van der Waals surface area contributed by atoms with E-state index in [4.69, 9.17) is 14.2 Å². The molecule has 1 fully saturated rings. The van der Waals surface area contributed by atoms with Crippen molar-refractivity contribution in [3.63, 3.8) is 0 Å². The van der Waals surface area contributed by atoms with Gasteiger partial charge in [-0.3, -0.25) is 4.90 Å². The number of rotatable bonds is 7.